The molecule has 3 heterocycles. The molecule has 7 nitrogen and oxygen atoms in total. The van der Waals surface area contributed by atoms with Crippen molar-refractivity contribution in [3.63, 3.8) is 0 Å². The minimum atomic E-state index is -0.0911. The van der Waals surface area contributed by atoms with E-state index < -0.39 is 0 Å². The zero-order valence-electron chi connectivity index (χ0n) is 15.2. The predicted octanol–water partition coefficient (Wildman–Crippen LogP) is 3.53. The highest BCUT2D eigenvalue weighted by Crippen LogP contribution is 2.39. The van der Waals surface area contributed by atoms with Crippen molar-refractivity contribution in [1.82, 2.24) is 24.4 Å². The third kappa shape index (κ3) is 2.59. The van der Waals surface area contributed by atoms with Crippen LogP contribution in [0, 0.1) is 11.3 Å². The number of hydrogen-bond acceptors (Lipinski definition) is 4. The number of fused-ring (bicyclic) bond motifs is 1. The van der Waals surface area contributed by atoms with E-state index in [1.165, 1.54) is 23.8 Å². The maximum atomic E-state index is 13.1. The molecule has 0 atom stereocenters. The minimum Gasteiger partial charge on any atom is -0.295 e. The Morgan fingerprint density at radius 2 is 1.96 bits per heavy atom. The van der Waals surface area contributed by atoms with E-state index in [1.54, 1.807) is 6.20 Å². The first-order valence-corrected chi connectivity index (χ1v) is 9.85. The molecule has 0 radical (unpaired) electrons. The van der Waals surface area contributed by atoms with Gasteiger partial charge in [-0.15, -0.1) is 0 Å². The Bertz CT molecular complexity index is 1090. The molecular formula is C20H22N6O. The van der Waals surface area contributed by atoms with Gasteiger partial charge in [0.25, 0.3) is 5.56 Å². The number of H-pyrrole nitrogens is 1. The Labute approximate surface area is 156 Å². The lowest BCUT2D eigenvalue weighted by molar-refractivity contribution is 0.329. The molecule has 0 amide bonds. The van der Waals surface area contributed by atoms with Crippen LogP contribution in [0.2, 0.25) is 0 Å². The molecule has 2 aliphatic rings. The summed E-state index contributed by atoms with van der Waals surface area (Å²) in [5.74, 6) is 0.240. The van der Waals surface area contributed by atoms with Gasteiger partial charge < -0.3 is 0 Å². The molecule has 0 aromatic carbocycles. The van der Waals surface area contributed by atoms with Gasteiger partial charge in [-0.05, 0) is 31.6 Å². The van der Waals surface area contributed by atoms with Crippen LogP contribution in [0.5, 0.6) is 0 Å². The molecule has 3 aromatic heterocycles. The van der Waals surface area contributed by atoms with Gasteiger partial charge in [0.05, 0.1) is 17.9 Å². The number of aromatic nitrogens is 5. The molecule has 0 aliphatic heterocycles. The fourth-order valence-corrected chi connectivity index (χ4v) is 4.40. The summed E-state index contributed by atoms with van der Waals surface area (Å²) >= 11 is 0. The molecule has 2 saturated carbocycles. The van der Waals surface area contributed by atoms with Crippen molar-refractivity contribution in [3.05, 3.63) is 40.1 Å². The molecule has 3 aromatic rings. The van der Waals surface area contributed by atoms with Crippen LogP contribution in [0.1, 0.15) is 74.5 Å². The van der Waals surface area contributed by atoms with Crippen LogP contribution in [0.15, 0.2) is 23.4 Å². The molecule has 0 unspecified atom stereocenters. The number of aromatic amines is 1. The molecule has 7 heteroatoms. The van der Waals surface area contributed by atoms with Crippen molar-refractivity contribution >= 4 is 5.65 Å². The zero-order chi connectivity index (χ0) is 18.4. The number of rotatable bonds is 3. The average molecular weight is 362 g/mol. The highest BCUT2D eigenvalue weighted by Gasteiger charge is 2.29. The lowest BCUT2D eigenvalue weighted by Gasteiger charge is -2.26. The normalized spacial score (nSPS) is 18.5. The summed E-state index contributed by atoms with van der Waals surface area (Å²) in [5.41, 5.74) is 3.02. The van der Waals surface area contributed by atoms with Gasteiger partial charge in [0.2, 0.25) is 0 Å². The Morgan fingerprint density at radius 1 is 1.15 bits per heavy atom. The summed E-state index contributed by atoms with van der Waals surface area (Å²) in [7, 11) is 0. The van der Waals surface area contributed by atoms with Crippen LogP contribution in [0.3, 0.4) is 0 Å². The maximum absolute atomic E-state index is 13.1. The topological polar surface area (TPSA) is 91.8 Å². The van der Waals surface area contributed by atoms with E-state index in [2.05, 4.69) is 16.3 Å². The Morgan fingerprint density at radius 3 is 2.67 bits per heavy atom. The quantitative estimate of drug-likeness (QED) is 0.771. The second-order valence-corrected chi connectivity index (χ2v) is 7.77. The average Bonchev–Trinajstić information content (AvgIpc) is 3.30. The van der Waals surface area contributed by atoms with Gasteiger partial charge in [-0.3, -0.25) is 14.6 Å². The predicted molar refractivity (Wildman–Crippen MR) is 100 cm³/mol. The highest BCUT2D eigenvalue weighted by molar-refractivity contribution is 5.67. The third-order valence-electron chi connectivity index (χ3n) is 6.15. The largest absolute Gasteiger partial charge is 0.295 e. The fraction of sp³-hybridized carbons (Fsp3) is 0.500. The molecule has 0 saturated heterocycles. The van der Waals surface area contributed by atoms with E-state index in [4.69, 9.17) is 4.98 Å². The van der Waals surface area contributed by atoms with Gasteiger partial charge in [-0.25, -0.2) is 9.50 Å². The Kier molecular flexibility index (Phi) is 3.85. The van der Waals surface area contributed by atoms with Crippen LogP contribution in [0.25, 0.3) is 16.9 Å². The lowest BCUT2D eigenvalue weighted by Crippen LogP contribution is -2.26. The monoisotopic (exact) mass is 362 g/mol. The molecule has 27 heavy (non-hydrogen) atoms. The molecule has 2 aliphatic carbocycles. The first-order chi connectivity index (χ1) is 13.3. The van der Waals surface area contributed by atoms with Gasteiger partial charge in [-0.2, -0.15) is 10.4 Å². The standard InChI is InChI=1S/C20H22N6O/c21-9-14-10-23-26-19(14)24-18(17(20(26)27)13-5-4-6-13)15-11-22-25(12-15)16-7-2-1-3-8-16/h10-13,16,23H,1-8H2. The van der Waals surface area contributed by atoms with E-state index in [0.717, 1.165) is 43.2 Å². The molecule has 1 N–H and O–H groups in total. The van der Waals surface area contributed by atoms with Crippen molar-refractivity contribution in [2.45, 2.75) is 63.3 Å². The first kappa shape index (κ1) is 16.3. The molecule has 0 spiro atoms. The SMILES string of the molecule is N#Cc1c[nH]n2c(=O)c(C3CCC3)c(-c3cnn(C4CCCCC4)c3)nc12. The number of nitrogens with one attached hydrogen (secondary N) is 1. The van der Waals surface area contributed by atoms with Crippen LogP contribution < -0.4 is 5.56 Å². The van der Waals surface area contributed by atoms with E-state index >= 15 is 0 Å². The smallest absolute Gasteiger partial charge is 0.276 e. The Hall–Kier alpha value is -2.88. The first-order valence-electron chi connectivity index (χ1n) is 9.85. The molecule has 0 bridgehead atoms. The Balaban J connectivity index is 1.66. The highest BCUT2D eigenvalue weighted by atomic mass is 16.1. The molecule has 138 valence electrons. The van der Waals surface area contributed by atoms with Gasteiger partial charge in [-0.1, -0.05) is 25.7 Å². The summed E-state index contributed by atoms with van der Waals surface area (Å²) < 4.78 is 3.45. The molecule has 2 fully saturated rings. The molecule has 5 rings (SSSR count). The van der Waals surface area contributed by atoms with Crippen LogP contribution in [-0.4, -0.2) is 24.4 Å². The van der Waals surface area contributed by atoms with E-state index in [-0.39, 0.29) is 11.5 Å². The van der Waals surface area contributed by atoms with E-state index in [1.807, 2.05) is 17.1 Å². The third-order valence-corrected chi connectivity index (χ3v) is 6.15. The number of hydrogen-bond donors (Lipinski definition) is 1. The number of nitrogens with zero attached hydrogens (tertiary/aromatic N) is 5. The second kappa shape index (κ2) is 6.38. The van der Waals surface area contributed by atoms with Crippen molar-refractivity contribution < 1.29 is 0 Å². The van der Waals surface area contributed by atoms with Gasteiger partial charge in [0, 0.05) is 23.5 Å². The van der Waals surface area contributed by atoms with Crippen molar-refractivity contribution in [2.75, 3.05) is 0 Å². The van der Waals surface area contributed by atoms with Crippen molar-refractivity contribution in [1.29, 1.82) is 5.26 Å². The van der Waals surface area contributed by atoms with Gasteiger partial charge in [0.1, 0.15) is 11.6 Å². The lowest BCUT2D eigenvalue weighted by atomic mass is 9.79. The van der Waals surface area contributed by atoms with Gasteiger partial charge >= 0.3 is 0 Å². The van der Waals surface area contributed by atoms with Crippen LogP contribution in [0.4, 0.5) is 0 Å². The maximum Gasteiger partial charge on any atom is 0.276 e. The fourth-order valence-electron chi connectivity index (χ4n) is 4.40. The zero-order valence-corrected chi connectivity index (χ0v) is 15.2. The van der Waals surface area contributed by atoms with E-state index in [0.29, 0.717) is 22.9 Å². The van der Waals surface area contributed by atoms with Crippen molar-refractivity contribution in [3.8, 4) is 17.3 Å². The van der Waals surface area contributed by atoms with Crippen molar-refractivity contribution in [2.24, 2.45) is 0 Å². The summed E-state index contributed by atoms with van der Waals surface area (Å²) in [6.45, 7) is 0. The summed E-state index contributed by atoms with van der Waals surface area (Å²) in [4.78, 5) is 17.9. The summed E-state index contributed by atoms with van der Waals surface area (Å²) in [5, 5.41) is 16.8. The molecular weight excluding hydrogens is 340 g/mol. The second-order valence-electron chi connectivity index (χ2n) is 7.77. The van der Waals surface area contributed by atoms with Crippen LogP contribution in [-0.2, 0) is 0 Å². The minimum absolute atomic E-state index is 0.0911. The van der Waals surface area contributed by atoms with E-state index in [9.17, 15) is 10.1 Å². The summed E-state index contributed by atoms with van der Waals surface area (Å²) in [6, 6.07) is 2.55. The number of nitriles is 1. The van der Waals surface area contributed by atoms with Crippen LogP contribution >= 0.6 is 0 Å². The summed E-state index contributed by atoms with van der Waals surface area (Å²) in [6.07, 6.45) is 14.7. The van der Waals surface area contributed by atoms with Gasteiger partial charge in [0.15, 0.2) is 5.65 Å².